The van der Waals surface area contributed by atoms with Crippen LogP contribution in [0.25, 0.3) is 0 Å². The molecule has 0 saturated heterocycles. The summed E-state index contributed by atoms with van der Waals surface area (Å²) in [5, 5.41) is 0. The maximum absolute atomic E-state index is 10.9. The van der Waals surface area contributed by atoms with E-state index in [4.69, 9.17) is 15.2 Å². The lowest BCUT2D eigenvalue weighted by Crippen LogP contribution is -2.16. The molecule has 0 spiro atoms. The number of ether oxygens (including phenoxy) is 2. The van der Waals surface area contributed by atoms with E-state index in [-0.39, 0.29) is 6.61 Å². The topological polar surface area (TPSA) is 78.6 Å². The number of aldehydes is 1. The third kappa shape index (κ3) is 4.32. The molecule has 0 atom stereocenters. The second-order valence-corrected chi connectivity index (χ2v) is 5.01. The highest BCUT2D eigenvalue weighted by Gasteiger charge is 2.04. The number of benzene rings is 2. The molecular weight excluding hydrogens is 338 g/mol. The van der Waals surface area contributed by atoms with Gasteiger partial charge in [0.1, 0.15) is 18.1 Å². The zero-order valence-corrected chi connectivity index (χ0v) is 12.5. The van der Waals surface area contributed by atoms with Crippen LogP contribution in [0.3, 0.4) is 0 Å². The fraction of sp³-hybridized carbons (Fsp3) is 0.0667. The number of halogens is 1. The molecule has 0 aliphatic carbocycles. The molecule has 0 radical (unpaired) electrons. The molecule has 0 unspecified atom stereocenters. The zero-order chi connectivity index (χ0) is 15.2. The number of primary amides is 1. The van der Waals surface area contributed by atoms with Crippen LogP contribution in [0.5, 0.6) is 11.5 Å². The van der Waals surface area contributed by atoms with Gasteiger partial charge in [0.15, 0.2) is 6.29 Å². The molecule has 0 bridgehead atoms. The quantitative estimate of drug-likeness (QED) is 0.840. The van der Waals surface area contributed by atoms with Crippen LogP contribution in [0.15, 0.2) is 46.9 Å². The summed E-state index contributed by atoms with van der Waals surface area (Å²) in [5.41, 5.74) is 6.28. The molecule has 0 saturated carbocycles. The van der Waals surface area contributed by atoms with E-state index in [0.29, 0.717) is 21.5 Å². The summed E-state index contributed by atoms with van der Waals surface area (Å²) in [4.78, 5) is 21.5. The van der Waals surface area contributed by atoms with Crippen molar-refractivity contribution in [3.05, 3.63) is 58.1 Å². The van der Waals surface area contributed by atoms with Gasteiger partial charge in [0.05, 0.1) is 0 Å². The van der Waals surface area contributed by atoms with Crippen LogP contribution in [-0.4, -0.2) is 12.4 Å². The Bertz CT molecular complexity index is 672. The predicted molar refractivity (Wildman–Crippen MR) is 80.5 cm³/mol. The van der Waals surface area contributed by atoms with Crippen LogP contribution in [0.4, 0.5) is 4.79 Å². The van der Waals surface area contributed by atoms with Gasteiger partial charge >= 0.3 is 6.09 Å². The lowest BCUT2D eigenvalue weighted by Gasteiger charge is -2.08. The molecule has 0 aromatic heterocycles. The highest BCUT2D eigenvalue weighted by Crippen LogP contribution is 2.22. The number of carbonyl (C=O) groups is 2. The van der Waals surface area contributed by atoms with E-state index in [1.54, 1.807) is 36.4 Å². The summed E-state index contributed by atoms with van der Waals surface area (Å²) < 4.78 is 11.1. The Morgan fingerprint density at radius 1 is 1.19 bits per heavy atom. The first-order valence-electron chi connectivity index (χ1n) is 6.02. The van der Waals surface area contributed by atoms with Gasteiger partial charge in [-0.25, -0.2) is 4.79 Å². The Hall–Kier alpha value is -2.34. The van der Waals surface area contributed by atoms with Crippen LogP contribution >= 0.6 is 15.9 Å². The van der Waals surface area contributed by atoms with Crippen molar-refractivity contribution in [3.63, 3.8) is 0 Å². The number of nitrogens with two attached hydrogens (primary N) is 1. The standard InChI is InChI=1S/C15H12BrNO4/c16-14-5-4-12(7-11(14)8-18)20-9-10-2-1-3-13(6-10)21-15(17)19/h1-8H,9H2,(H2,17,19). The minimum absolute atomic E-state index is 0.274. The van der Waals surface area contributed by atoms with Gasteiger partial charge in [0, 0.05) is 10.0 Å². The summed E-state index contributed by atoms with van der Waals surface area (Å²) in [6.07, 6.45) is -0.116. The molecular formula is C15H12BrNO4. The van der Waals surface area contributed by atoms with E-state index >= 15 is 0 Å². The Morgan fingerprint density at radius 3 is 2.71 bits per heavy atom. The highest BCUT2D eigenvalue weighted by molar-refractivity contribution is 9.10. The molecule has 6 heteroatoms. The number of hydrogen-bond acceptors (Lipinski definition) is 4. The largest absolute Gasteiger partial charge is 0.489 e. The van der Waals surface area contributed by atoms with Crippen molar-refractivity contribution < 1.29 is 19.1 Å². The second kappa shape index (κ2) is 6.90. The van der Waals surface area contributed by atoms with E-state index < -0.39 is 6.09 Å². The Morgan fingerprint density at radius 2 is 2.00 bits per heavy atom. The first kappa shape index (κ1) is 15.1. The van der Waals surface area contributed by atoms with Gasteiger partial charge < -0.3 is 15.2 Å². The van der Waals surface area contributed by atoms with Crippen molar-refractivity contribution in [3.8, 4) is 11.5 Å². The second-order valence-electron chi connectivity index (χ2n) is 4.16. The van der Waals surface area contributed by atoms with Crippen LogP contribution in [0.1, 0.15) is 15.9 Å². The summed E-state index contributed by atoms with van der Waals surface area (Å²) in [6.45, 7) is 0.274. The van der Waals surface area contributed by atoms with E-state index in [0.717, 1.165) is 11.8 Å². The molecule has 0 aliphatic heterocycles. The van der Waals surface area contributed by atoms with Crippen LogP contribution in [0.2, 0.25) is 0 Å². The molecule has 2 aromatic carbocycles. The van der Waals surface area contributed by atoms with Gasteiger partial charge in [-0.05, 0) is 35.9 Å². The maximum Gasteiger partial charge on any atom is 0.409 e. The smallest absolute Gasteiger partial charge is 0.409 e. The van der Waals surface area contributed by atoms with E-state index in [9.17, 15) is 9.59 Å². The first-order valence-corrected chi connectivity index (χ1v) is 6.81. The molecule has 1 amide bonds. The van der Waals surface area contributed by atoms with Crippen molar-refractivity contribution in [1.29, 1.82) is 0 Å². The minimum Gasteiger partial charge on any atom is -0.489 e. The lowest BCUT2D eigenvalue weighted by molar-refractivity contribution is 0.112. The van der Waals surface area contributed by atoms with E-state index in [1.807, 2.05) is 6.07 Å². The van der Waals surface area contributed by atoms with Crippen molar-refractivity contribution in [2.24, 2.45) is 5.73 Å². The van der Waals surface area contributed by atoms with Gasteiger partial charge in [-0.1, -0.05) is 28.1 Å². The average molecular weight is 350 g/mol. The normalized spacial score (nSPS) is 9.95. The molecule has 0 heterocycles. The van der Waals surface area contributed by atoms with E-state index in [2.05, 4.69) is 15.9 Å². The molecule has 0 aliphatic rings. The van der Waals surface area contributed by atoms with Crippen LogP contribution in [-0.2, 0) is 6.61 Å². The van der Waals surface area contributed by atoms with Gasteiger partial charge in [-0.2, -0.15) is 0 Å². The van der Waals surface area contributed by atoms with Crippen LogP contribution < -0.4 is 15.2 Å². The summed E-state index contributed by atoms with van der Waals surface area (Å²) in [5.74, 6) is 0.925. The Kier molecular flexibility index (Phi) is 4.94. The third-order valence-corrected chi connectivity index (χ3v) is 3.34. The molecule has 0 fully saturated rings. The van der Waals surface area contributed by atoms with Gasteiger partial charge in [-0.3, -0.25) is 4.79 Å². The summed E-state index contributed by atoms with van der Waals surface area (Å²) in [6, 6.07) is 12.0. The molecule has 5 nitrogen and oxygen atoms in total. The molecule has 21 heavy (non-hydrogen) atoms. The number of carbonyl (C=O) groups excluding carboxylic acids is 2. The Balaban J connectivity index is 2.06. The molecule has 2 rings (SSSR count). The van der Waals surface area contributed by atoms with Crippen LogP contribution in [0, 0.1) is 0 Å². The lowest BCUT2D eigenvalue weighted by atomic mass is 10.2. The minimum atomic E-state index is -0.864. The molecule has 2 aromatic rings. The predicted octanol–water partition coefficient (Wildman–Crippen LogP) is 3.30. The molecule has 108 valence electrons. The zero-order valence-electron chi connectivity index (χ0n) is 10.9. The molecule has 2 N–H and O–H groups in total. The van der Waals surface area contributed by atoms with Gasteiger partial charge in [0.25, 0.3) is 0 Å². The summed E-state index contributed by atoms with van der Waals surface area (Å²) >= 11 is 3.27. The van der Waals surface area contributed by atoms with Crippen molar-refractivity contribution in [2.75, 3.05) is 0 Å². The van der Waals surface area contributed by atoms with Crippen molar-refractivity contribution in [2.45, 2.75) is 6.61 Å². The number of amides is 1. The average Bonchev–Trinajstić information content (AvgIpc) is 2.46. The fourth-order valence-electron chi connectivity index (χ4n) is 1.68. The highest BCUT2D eigenvalue weighted by atomic mass is 79.9. The number of hydrogen-bond donors (Lipinski definition) is 1. The number of rotatable bonds is 5. The summed E-state index contributed by atoms with van der Waals surface area (Å²) in [7, 11) is 0. The maximum atomic E-state index is 10.9. The fourth-order valence-corrected chi connectivity index (χ4v) is 2.02. The van der Waals surface area contributed by atoms with Gasteiger partial charge in [-0.15, -0.1) is 0 Å². The van der Waals surface area contributed by atoms with E-state index in [1.165, 1.54) is 0 Å². The Labute approximate surface area is 129 Å². The first-order chi connectivity index (χ1) is 10.1. The van der Waals surface area contributed by atoms with Crippen molar-refractivity contribution >= 4 is 28.3 Å². The monoisotopic (exact) mass is 349 g/mol. The van der Waals surface area contributed by atoms with Gasteiger partial charge in [0.2, 0.25) is 0 Å². The SMILES string of the molecule is NC(=O)Oc1cccc(COc2ccc(Br)c(C=O)c2)c1. The van der Waals surface area contributed by atoms with Crippen molar-refractivity contribution in [1.82, 2.24) is 0 Å². The third-order valence-electron chi connectivity index (χ3n) is 2.62.